The van der Waals surface area contributed by atoms with Crippen LogP contribution in [0.4, 0.5) is 11.4 Å². The molecule has 2 atom stereocenters. The molecule has 3 N–H and O–H groups in total. The van der Waals surface area contributed by atoms with E-state index in [1.165, 1.54) is 0 Å². The molecule has 88 valence electrons. The van der Waals surface area contributed by atoms with Crippen LogP contribution in [0.2, 0.25) is 5.02 Å². The van der Waals surface area contributed by atoms with Gasteiger partial charge in [0.25, 0.3) is 0 Å². The van der Waals surface area contributed by atoms with Crippen molar-refractivity contribution in [1.29, 1.82) is 0 Å². The fourth-order valence-electron chi connectivity index (χ4n) is 1.95. The summed E-state index contributed by atoms with van der Waals surface area (Å²) in [6.45, 7) is 5.02. The summed E-state index contributed by atoms with van der Waals surface area (Å²) in [5, 5.41) is 4.11. The highest BCUT2D eigenvalue weighted by Crippen LogP contribution is 2.32. The van der Waals surface area contributed by atoms with Crippen molar-refractivity contribution in [1.82, 2.24) is 0 Å². The molecule has 1 heterocycles. The molecule has 0 saturated carbocycles. The third kappa shape index (κ3) is 2.11. The van der Waals surface area contributed by atoms with Crippen LogP contribution in [0.1, 0.15) is 20.3 Å². The molecule has 2 unspecified atom stereocenters. The van der Waals surface area contributed by atoms with Crippen molar-refractivity contribution < 1.29 is 4.74 Å². The van der Waals surface area contributed by atoms with Crippen molar-refractivity contribution in [3.05, 3.63) is 23.2 Å². The predicted molar refractivity (Wildman–Crippen MR) is 67.9 cm³/mol. The van der Waals surface area contributed by atoms with Crippen LogP contribution >= 0.6 is 11.6 Å². The molecule has 0 bridgehead atoms. The van der Waals surface area contributed by atoms with Crippen LogP contribution < -0.4 is 11.1 Å². The summed E-state index contributed by atoms with van der Waals surface area (Å²) in [6, 6.07) is 5.51. The fourth-order valence-corrected chi connectivity index (χ4v) is 2.13. The van der Waals surface area contributed by atoms with Gasteiger partial charge < -0.3 is 15.8 Å². The maximum absolute atomic E-state index is 5.92. The Morgan fingerprint density at radius 2 is 2.31 bits per heavy atom. The molecule has 1 aromatic rings. The average molecular weight is 241 g/mol. The number of ether oxygens (including phenoxy) is 1. The average Bonchev–Trinajstić information content (AvgIpc) is 2.52. The van der Waals surface area contributed by atoms with Crippen LogP contribution in [0.25, 0.3) is 0 Å². The van der Waals surface area contributed by atoms with E-state index >= 15 is 0 Å². The molecule has 1 aromatic carbocycles. The normalized spacial score (nSPS) is 29.3. The highest BCUT2D eigenvalue weighted by Gasteiger charge is 2.37. The first-order valence-electron chi connectivity index (χ1n) is 5.46. The number of benzene rings is 1. The fraction of sp³-hybridized carbons (Fsp3) is 0.500. The molecule has 4 heteroatoms. The van der Waals surface area contributed by atoms with Gasteiger partial charge in [-0.15, -0.1) is 0 Å². The molecule has 0 aliphatic carbocycles. The van der Waals surface area contributed by atoms with E-state index in [-0.39, 0.29) is 11.6 Å². The van der Waals surface area contributed by atoms with Crippen LogP contribution in [0, 0.1) is 0 Å². The van der Waals surface area contributed by atoms with Gasteiger partial charge in [-0.3, -0.25) is 0 Å². The molecule has 1 fully saturated rings. The number of nitrogens with two attached hydrogens (primary N) is 1. The van der Waals surface area contributed by atoms with Crippen molar-refractivity contribution in [2.75, 3.05) is 17.7 Å². The topological polar surface area (TPSA) is 47.3 Å². The number of halogens is 1. The highest BCUT2D eigenvalue weighted by molar-refractivity contribution is 6.31. The van der Waals surface area contributed by atoms with Gasteiger partial charge in [0, 0.05) is 11.6 Å². The second kappa shape index (κ2) is 4.15. The lowest BCUT2D eigenvalue weighted by Gasteiger charge is -2.30. The van der Waals surface area contributed by atoms with E-state index < -0.39 is 0 Å². The van der Waals surface area contributed by atoms with Crippen molar-refractivity contribution in [3.8, 4) is 0 Å². The Morgan fingerprint density at radius 3 is 2.88 bits per heavy atom. The Balaban J connectivity index is 2.20. The van der Waals surface area contributed by atoms with E-state index in [0.29, 0.717) is 10.7 Å². The maximum atomic E-state index is 5.92. The zero-order valence-corrected chi connectivity index (χ0v) is 10.3. The summed E-state index contributed by atoms with van der Waals surface area (Å²) in [6.07, 6.45) is 1.17. The summed E-state index contributed by atoms with van der Waals surface area (Å²) in [4.78, 5) is 0. The molecule has 1 aliphatic heterocycles. The second-order valence-electron chi connectivity index (χ2n) is 4.54. The Morgan fingerprint density at radius 1 is 1.56 bits per heavy atom. The molecule has 0 aromatic heterocycles. The number of hydrogen-bond acceptors (Lipinski definition) is 3. The van der Waals surface area contributed by atoms with Crippen molar-refractivity contribution in [3.63, 3.8) is 0 Å². The predicted octanol–water partition coefficient (Wildman–Crippen LogP) is 2.90. The van der Waals surface area contributed by atoms with Gasteiger partial charge in [-0.25, -0.2) is 0 Å². The van der Waals surface area contributed by atoms with Gasteiger partial charge in [0.2, 0.25) is 0 Å². The van der Waals surface area contributed by atoms with Crippen LogP contribution in [-0.2, 0) is 4.74 Å². The van der Waals surface area contributed by atoms with Gasteiger partial charge >= 0.3 is 0 Å². The third-order valence-corrected chi connectivity index (χ3v) is 3.56. The van der Waals surface area contributed by atoms with Crippen LogP contribution in [0.3, 0.4) is 0 Å². The molecular formula is C12H17ClN2O. The Bertz CT molecular complexity index is 397. The smallest absolute Gasteiger partial charge is 0.0774 e. The third-order valence-electron chi connectivity index (χ3n) is 3.32. The van der Waals surface area contributed by atoms with E-state index in [1.807, 2.05) is 12.1 Å². The lowest BCUT2D eigenvalue weighted by atomic mass is 9.94. The summed E-state index contributed by atoms with van der Waals surface area (Å²) in [5.41, 5.74) is 7.46. The molecule has 0 radical (unpaired) electrons. The lowest BCUT2D eigenvalue weighted by molar-refractivity contribution is 0.105. The standard InChI is InChI=1S/C12H17ClN2O/c1-8-12(2,5-6-16-8)15-11-4-3-9(13)7-10(11)14/h3-4,7-8,15H,5-6,14H2,1-2H3. The van der Waals surface area contributed by atoms with Gasteiger partial charge in [-0.05, 0) is 38.5 Å². The van der Waals surface area contributed by atoms with E-state index in [9.17, 15) is 0 Å². The first-order valence-corrected chi connectivity index (χ1v) is 5.84. The number of nitrogen functional groups attached to an aromatic ring is 1. The molecule has 0 amide bonds. The van der Waals surface area contributed by atoms with Crippen molar-refractivity contribution in [2.24, 2.45) is 0 Å². The summed E-state index contributed by atoms with van der Waals surface area (Å²) >= 11 is 5.86. The number of hydrogen-bond donors (Lipinski definition) is 2. The summed E-state index contributed by atoms with van der Waals surface area (Å²) in [5.74, 6) is 0. The molecule has 2 rings (SSSR count). The minimum Gasteiger partial charge on any atom is -0.397 e. The Hall–Kier alpha value is -0.930. The molecule has 0 spiro atoms. The number of anilines is 2. The van der Waals surface area contributed by atoms with Crippen molar-refractivity contribution >= 4 is 23.0 Å². The van der Waals surface area contributed by atoms with E-state index in [1.54, 1.807) is 6.07 Å². The maximum Gasteiger partial charge on any atom is 0.0774 e. The molecule has 3 nitrogen and oxygen atoms in total. The van der Waals surface area contributed by atoms with Gasteiger partial charge in [-0.2, -0.15) is 0 Å². The van der Waals surface area contributed by atoms with Gasteiger partial charge in [0.15, 0.2) is 0 Å². The second-order valence-corrected chi connectivity index (χ2v) is 4.97. The lowest BCUT2D eigenvalue weighted by Crippen LogP contribution is -2.41. The quantitative estimate of drug-likeness (QED) is 0.782. The molecule has 1 aliphatic rings. The van der Waals surface area contributed by atoms with E-state index in [0.717, 1.165) is 18.7 Å². The SMILES string of the molecule is CC1OCCC1(C)Nc1ccc(Cl)cc1N. The van der Waals surface area contributed by atoms with Crippen LogP contribution in [0.15, 0.2) is 18.2 Å². The Labute approximate surface area is 101 Å². The van der Waals surface area contributed by atoms with Crippen LogP contribution in [-0.4, -0.2) is 18.2 Å². The zero-order chi connectivity index (χ0) is 11.8. The molecule has 1 saturated heterocycles. The van der Waals surface area contributed by atoms with Gasteiger partial charge in [0.05, 0.1) is 23.0 Å². The van der Waals surface area contributed by atoms with Gasteiger partial charge in [-0.1, -0.05) is 11.6 Å². The first kappa shape index (κ1) is 11.6. The van der Waals surface area contributed by atoms with E-state index in [2.05, 4.69) is 19.2 Å². The monoisotopic (exact) mass is 240 g/mol. The Kier molecular flexibility index (Phi) is 3.00. The molecular weight excluding hydrogens is 224 g/mol. The largest absolute Gasteiger partial charge is 0.397 e. The summed E-state index contributed by atoms with van der Waals surface area (Å²) in [7, 11) is 0. The van der Waals surface area contributed by atoms with Gasteiger partial charge in [0.1, 0.15) is 0 Å². The summed E-state index contributed by atoms with van der Waals surface area (Å²) < 4.78 is 5.57. The minimum atomic E-state index is -0.0536. The first-order chi connectivity index (χ1) is 7.51. The zero-order valence-electron chi connectivity index (χ0n) is 9.59. The molecule has 16 heavy (non-hydrogen) atoms. The van der Waals surface area contributed by atoms with Crippen molar-refractivity contribution in [2.45, 2.75) is 31.9 Å². The number of nitrogens with one attached hydrogen (secondary N) is 1. The van der Waals surface area contributed by atoms with Crippen LogP contribution in [0.5, 0.6) is 0 Å². The number of rotatable bonds is 2. The van der Waals surface area contributed by atoms with E-state index in [4.69, 9.17) is 22.1 Å². The minimum absolute atomic E-state index is 0.0536. The highest BCUT2D eigenvalue weighted by atomic mass is 35.5.